The number of sulfonamides is 1. The topological polar surface area (TPSA) is 95.6 Å². The van der Waals surface area contributed by atoms with E-state index >= 15 is 0 Å². The summed E-state index contributed by atoms with van der Waals surface area (Å²) in [5.41, 5.74) is 2.96. The zero-order chi connectivity index (χ0) is 25.0. The van der Waals surface area contributed by atoms with Crippen LogP contribution in [0.1, 0.15) is 74.6 Å². The van der Waals surface area contributed by atoms with Crippen LogP contribution in [-0.2, 0) is 26.0 Å². The number of nitrogens with zero attached hydrogens (tertiary/aromatic N) is 1. The number of hydrogen-bond donors (Lipinski definition) is 2. The van der Waals surface area contributed by atoms with Crippen molar-refractivity contribution in [2.45, 2.75) is 82.2 Å². The van der Waals surface area contributed by atoms with Crippen molar-refractivity contribution in [3.8, 4) is 0 Å². The molecule has 8 heteroatoms. The van der Waals surface area contributed by atoms with Gasteiger partial charge in [0.1, 0.15) is 4.90 Å². The first kappa shape index (κ1) is 25.4. The predicted molar refractivity (Wildman–Crippen MR) is 137 cm³/mol. The van der Waals surface area contributed by atoms with E-state index in [9.17, 15) is 18.0 Å². The Bertz CT molecular complexity index is 1190. The molecule has 2 aliphatic rings. The monoisotopic (exact) mass is 497 g/mol. The van der Waals surface area contributed by atoms with E-state index in [0.29, 0.717) is 6.42 Å². The van der Waals surface area contributed by atoms with E-state index in [4.69, 9.17) is 0 Å². The summed E-state index contributed by atoms with van der Waals surface area (Å²) in [6.45, 7) is 3.45. The van der Waals surface area contributed by atoms with E-state index in [-0.39, 0.29) is 41.4 Å². The number of nitrogens with one attached hydrogen (secondary N) is 2. The largest absolute Gasteiger partial charge is 0.353 e. The van der Waals surface area contributed by atoms with Crippen LogP contribution in [-0.4, -0.2) is 37.1 Å². The van der Waals surface area contributed by atoms with Gasteiger partial charge < -0.3 is 10.6 Å². The van der Waals surface area contributed by atoms with Gasteiger partial charge in [0, 0.05) is 25.9 Å². The average Bonchev–Trinajstić information content (AvgIpc) is 3.08. The Kier molecular flexibility index (Phi) is 7.91. The van der Waals surface area contributed by atoms with Crippen molar-refractivity contribution in [1.29, 1.82) is 0 Å². The van der Waals surface area contributed by atoms with E-state index in [1.807, 2.05) is 31.2 Å². The van der Waals surface area contributed by atoms with E-state index < -0.39 is 16.1 Å². The lowest BCUT2D eigenvalue weighted by atomic mass is 9.92. The number of carbonyl (C=O) groups excluding carboxylic acids is 2. The van der Waals surface area contributed by atoms with Gasteiger partial charge >= 0.3 is 0 Å². The smallest absolute Gasteiger partial charge is 0.245 e. The van der Waals surface area contributed by atoms with E-state index in [1.165, 1.54) is 24.1 Å². The third-order valence-electron chi connectivity index (χ3n) is 7.00. The molecule has 1 aliphatic carbocycles. The molecule has 2 amide bonds. The molecular formula is C27H35N3O4S. The Morgan fingerprint density at radius 2 is 1.74 bits per heavy atom. The fourth-order valence-corrected chi connectivity index (χ4v) is 7.12. The van der Waals surface area contributed by atoms with Crippen molar-refractivity contribution in [1.82, 2.24) is 9.62 Å². The number of amides is 2. The van der Waals surface area contributed by atoms with Gasteiger partial charge in [-0.3, -0.25) is 9.59 Å². The molecule has 2 aromatic carbocycles. The third kappa shape index (κ3) is 5.93. The Labute approximate surface area is 208 Å². The van der Waals surface area contributed by atoms with Crippen LogP contribution in [0.15, 0.2) is 47.4 Å². The standard InChI is InChI=1S/C27H35N3O4S/c1-19-13-14-24(28-20(2)31)26(17-19)35(33,34)30-16-15-21-9-7-8-12-23(21)25(30)18-27(32)29-22-10-5-3-4-6-11-22/h7-9,12-14,17,22,25H,3-6,10-11,15-16,18H2,1-2H3,(H,28,31)(H,29,32)/t25-/m0/s1. The number of fused-ring (bicyclic) bond motifs is 1. The van der Waals surface area contributed by atoms with Crippen LogP contribution >= 0.6 is 0 Å². The van der Waals surface area contributed by atoms with Crippen LogP contribution in [0, 0.1) is 6.92 Å². The van der Waals surface area contributed by atoms with Gasteiger partial charge in [-0.05, 0) is 55.0 Å². The van der Waals surface area contributed by atoms with Gasteiger partial charge in [-0.1, -0.05) is 56.0 Å². The molecule has 0 radical (unpaired) electrons. The van der Waals surface area contributed by atoms with Gasteiger partial charge in [0.2, 0.25) is 21.8 Å². The summed E-state index contributed by atoms with van der Waals surface area (Å²) in [5, 5.41) is 5.83. The van der Waals surface area contributed by atoms with Crippen LogP contribution in [0.2, 0.25) is 0 Å². The summed E-state index contributed by atoms with van der Waals surface area (Å²) in [4.78, 5) is 25.0. The van der Waals surface area contributed by atoms with Crippen LogP contribution in [0.4, 0.5) is 5.69 Å². The fourth-order valence-electron chi connectivity index (χ4n) is 5.28. The van der Waals surface area contributed by atoms with Gasteiger partial charge in [0.05, 0.1) is 11.7 Å². The third-order valence-corrected chi connectivity index (χ3v) is 8.94. The normalized spacial score (nSPS) is 19.4. The molecule has 1 heterocycles. The van der Waals surface area contributed by atoms with Gasteiger partial charge in [-0.15, -0.1) is 0 Å². The molecule has 0 bridgehead atoms. The van der Waals surface area contributed by atoms with Crippen LogP contribution in [0.25, 0.3) is 0 Å². The summed E-state index contributed by atoms with van der Waals surface area (Å²) in [6, 6.07) is 12.3. The quantitative estimate of drug-likeness (QED) is 0.576. The Balaban J connectivity index is 1.67. The van der Waals surface area contributed by atoms with Crippen molar-refractivity contribution in [3.05, 3.63) is 59.2 Å². The van der Waals surface area contributed by atoms with Gasteiger partial charge in [-0.2, -0.15) is 4.31 Å². The van der Waals surface area contributed by atoms with Gasteiger partial charge in [0.15, 0.2) is 0 Å². The highest BCUT2D eigenvalue weighted by molar-refractivity contribution is 7.89. The minimum Gasteiger partial charge on any atom is -0.353 e. The number of benzene rings is 2. The van der Waals surface area contributed by atoms with Gasteiger partial charge in [-0.25, -0.2) is 8.42 Å². The van der Waals surface area contributed by atoms with Crippen LogP contribution in [0.5, 0.6) is 0 Å². The second-order valence-corrected chi connectivity index (χ2v) is 11.6. The molecule has 0 unspecified atom stereocenters. The highest BCUT2D eigenvalue weighted by atomic mass is 32.2. The van der Waals surface area contributed by atoms with Crippen LogP contribution < -0.4 is 10.6 Å². The maximum absolute atomic E-state index is 14.0. The van der Waals surface area contributed by atoms with Crippen LogP contribution in [0.3, 0.4) is 0 Å². The molecule has 4 rings (SSSR count). The molecule has 0 saturated heterocycles. The second kappa shape index (κ2) is 10.9. The number of aryl methyl sites for hydroxylation is 1. The highest BCUT2D eigenvalue weighted by Gasteiger charge is 2.39. The zero-order valence-electron chi connectivity index (χ0n) is 20.5. The second-order valence-electron chi connectivity index (χ2n) is 9.72. The molecule has 1 fully saturated rings. The van der Waals surface area contributed by atoms with Crippen molar-refractivity contribution in [2.75, 3.05) is 11.9 Å². The summed E-state index contributed by atoms with van der Waals surface area (Å²) in [7, 11) is -4.00. The molecule has 188 valence electrons. The number of carbonyl (C=O) groups is 2. The molecule has 1 aliphatic heterocycles. The first-order valence-corrected chi connectivity index (χ1v) is 14.0. The summed E-state index contributed by atoms with van der Waals surface area (Å²) < 4.78 is 29.5. The van der Waals surface area contributed by atoms with Crippen molar-refractivity contribution >= 4 is 27.5 Å². The lowest BCUT2D eigenvalue weighted by Crippen LogP contribution is -2.43. The summed E-state index contributed by atoms with van der Waals surface area (Å²) in [6.07, 6.45) is 7.18. The molecule has 1 saturated carbocycles. The first-order chi connectivity index (χ1) is 16.8. The first-order valence-electron chi connectivity index (χ1n) is 12.5. The van der Waals surface area contributed by atoms with Crippen molar-refractivity contribution in [2.24, 2.45) is 0 Å². The van der Waals surface area contributed by atoms with E-state index in [0.717, 1.165) is 42.4 Å². The molecule has 35 heavy (non-hydrogen) atoms. The minimum atomic E-state index is -4.00. The van der Waals surface area contributed by atoms with E-state index in [2.05, 4.69) is 10.6 Å². The Morgan fingerprint density at radius 1 is 1.03 bits per heavy atom. The average molecular weight is 498 g/mol. The highest BCUT2D eigenvalue weighted by Crippen LogP contribution is 2.38. The zero-order valence-corrected chi connectivity index (χ0v) is 21.4. The Hall–Kier alpha value is -2.71. The summed E-state index contributed by atoms with van der Waals surface area (Å²) >= 11 is 0. The maximum atomic E-state index is 14.0. The lowest BCUT2D eigenvalue weighted by Gasteiger charge is -2.36. The summed E-state index contributed by atoms with van der Waals surface area (Å²) in [5.74, 6) is -0.459. The van der Waals surface area contributed by atoms with Gasteiger partial charge in [0.25, 0.3) is 0 Å². The predicted octanol–water partition coefficient (Wildman–Crippen LogP) is 4.47. The lowest BCUT2D eigenvalue weighted by molar-refractivity contribution is -0.123. The maximum Gasteiger partial charge on any atom is 0.245 e. The molecule has 0 aromatic heterocycles. The van der Waals surface area contributed by atoms with E-state index in [1.54, 1.807) is 18.2 Å². The molecule has 2 aromatic rings. The molecular weight excluding hydrogens is 462 g/mol. The molecule has 2 N–H and O–H groups in total. The fraction of sp³-hybridized carbons (Fsp3) is 0.481. The molecule has 0 spiro atoms. The van der Waals surface area contributed by atoms with Crippen molar-refractivity contribution < 1.29 is 18.0 Å². The Morgan fingerprint density at radius 3 is 2.46 bits per heavy atom. The molecule has 1 atom stereocenters. The number of hydrogen-bond acceptors (Lipinski definition) is 4. The number of anilines is 1. The van der Waals surface area contributed by atoms with Crippen molar-refractivity contribution in [3.63, 3.8) is 0 Å². The minimum absolute atomic E-state index is 0.0567. The number of rotatable bonds is 6. The molecule has 7 nitrogen and oxygen atoms in total. The SMILES string of the molecule is CC(=O)Nc1ccc(C)cc1S(=O)(=O)N1CCc2ccccc2[C@@H]1CC(=O)NC1CCCCCC1.